The first kappa shape index (κ1) is 17.2. The van der Waals surface area contributed by atoms with Crippen molar-refractivity contribution in [1.29, 1.82) is 0 Å². The van der Waals surface area contributed by atoms with E-state index in [2.05, 4.69) is 6.92 Å². The van der Waals surface area contributed by atoms with E-state index in [4.69, 9.17) is 4.74 Å². The van der Waals surface area contributed by atoms with Gasteiger partial charge in [0.05, 0.1) is 6.10 Å². The van der Waals surface area contributed by atoms with Gasteiger partial charge < -0.3 is 4.74 Å². The average Bonchev–Trinajstić information content (AvgIpc) is 2.53. The van der Waals surface area contributed by atoms with E-state index in [1.807, 2.05) is 6.92 Å². The highest BCUT2D eigenvalue weighted by Crippen LogP contribution is 2.35. The van der Waals surface area contributed by atoms with E-state index in [1.54, 1.807) is 0 Å². The third kappa shape index (κ3) is 4.69. The minimum absolute atomic E-state index is 0.0394. The Kier molecular flexibility index (Phi) is 6.66. The maximum Gasteiger partial charge on any atom is 0.200 e. The fraction of sp³-hybridized carbons (Fsp3) is 0.684. The summed E-state index contributed by atoms with van der Waals surface area (Å²) in [6, 6.07) is 4.12. The molecule has 2 rings (SSSR count). The second kappa shape index (κ2) is 8.50. The van der Waals surface area contributed by atoms with E-state index < -0.39 is 11.6 Å². The van der Waals surface area contributed by atoms with Crippen LogP contribution in [0.2, 0.25) is 0 Å². The second-order valence-corrected chi connectivity index (χ2v) is 6.65. The second-order valence-electron chi connectivity index (χ2n) is 6.65. The molecule has 1 aliphatic carbocycles. The van der Waals surface area contributed by atoms with E-state index in [0.29, 0.717) is 5.92 Å². The van der Waals surface area contributed by atoms with Gasteiger partial charge in [-0.1, -0.05) is 51.5 Å². The Bertz CT molecular complexity index is 453. The highest BCUT2D eigenvalue weighted by atomic mass is 19.2. The number of benzene rings is 1. The van der Waals surface area contributed by atoms with Gasteiger partial charge in [0.1, 0.15) is 0 Å². The Morgan fingerprint density at radius 1 is 1.14 bits per heavy atom. The molecule has 0 heterocycles. The molecular formula is C19H28F2O. The van der Waals surface area contributed by atoms with E-state index >= 15 is 0 Å². The standard InChI is InChI=1S/C19H28F2O/c1-3-4-5-7-15-10-12-16(13-11-15)14(2)22-18-9-6-8-17(20)19(18)21/h6,8-9,14-16H,3-5,7,10-13H2,1-2H3/t14?,15-,16-. The van der Waals surface area contributed by atoms with Crippen LogP contribution in [0.25, 0.3) is 0 Å². The van der Waals surface area contributed by atoms with Crippen LogP contribution in [0.15, 0.2) is 18.2 Å². The Morgan fingerprint density at radius 3 is 2.55 bits per heavy atom. The van der Waals surface area contributed by atoms with Crippen LogP contribution in [0, 0.1) is 23.5 Å². The molecule has 0 saturated heterocycles. The molecule has 124 valence electrons. The maximum atomic E-state index is 13.7. The molecule has 1 aromatic rings. The molecule has 1 atom stereocenters. The molecule has 1 unspecified atom stereocenters. The Labute approximate surface area is 133 Å². The zero-order chi connectivity index (χ0) is 15.9. The summed E-state index contributed by atoms with van der Waals surface area (Å²) in [4.78, 5) is 0. The molecule has 0 N–H and O–H groups in total. The summed E-state index contributed by atoms with van der Waals surface area (Å²) in [6.07, 6.45) is 9.98. The van der Waals surface area contributed by atoms with Crippen molar-refractivity contribution in [2.75, 3.05) is 0 Å². The predicted molar refractivity (Wildman–Crippen MR) is 86.0 cm³/mol. The van der Waals surface area contributed by atoms with E-state index in [1.165, 1.54) is 50.7 Å². The average molecular weight is 310 g/mol. The highest BCUT2D eigenvalue weighted by molar-refractivity contribution is 5.25. The number of rotatable bonds is 7. The van der Waals surface area contributed by atoms with Gasteiger partial charge in [0.25, 0.3) is 0 Å². The molecule has 0 aliphatic heterocycles. The third-order valence-corrected chi connectivity index (χ3v) is 5.00. The van der Waals surface area contributed by atoms with Crippen molar-refractivity contribution >= 4 is 0 Å². The van der Waals surface area contributed by atoms with Crippen LogP contribution in [-0.2, 0) is 0 Å². The lowest BCUT2D eigenvalue weighted by Gasteiger charge is -2.32. The van der Waals surface area contributed by atoms with Crippen LogP contribution in [0.1, 0.15) is 65.2 Å². The summed E-state index contributed by atoms with van der Waals surface area (Å²) in [5.41, 5.74) is 0. The van der Waals surface area contributed by atoms with Crippen LogP contribution >= 0.6 is 0 Å². The maximum absolute atomic E-state index is 13.7. The van der Waals surface area contributed by atoms with Gasteiger partial charge in [0, 0.05) is 0 Å². The lowest BCUT2D eigenvalue weighted by atomic mass is 9.78. The predicted octanol–water partition coefficient (Wildman–Crippen LogP) is 6.12. The van der Waals surface area contributed by atoms with Crippen molar-refractivity contribution in [1.82, 2.24) is 0 Å². The molecule has 0 aromatic heterocycles. The zero-order valence-corrected chi connectivity index (χ0v) is 13.8. The van der Waals surface area contributed by atoms with Crippen LogP contribution in [0.5, 0.6) is 5.75 Å². The van der Waals surface area contributed by atoms with Crippen LogP contribution in [0.3, 0.4) is 0 Å². The van der Waals surface area contributed by atoms with Gasteiger partial charge in [-0.2, -0.15) is 4.39 Å². The molecule has 0 bridgehead atoms. The lowest BCUT2D eigenvalue weighted by Crippen LogP contribution is -2.28. The topological polar surface area (TPSA) is 9.23 Å². The normalized spacial score (nSPS) is 23.3. The van der Waals surface area contributed by atoms with Crippen LogP contribution in [0.4, 0.5) is 8.78 Å². The lowest BCUT2D eigenvalue weighted by molar-refractivity contribution is 0.102. The monoisotopic (exact) mass is 310 g/mol. The smallest absolute Gasteiger partial charge is 0.200 e. The number of ether oxygens (including phenoxy) is 1. The first-order valence-electron chi connectivity index (χ1n) is 8.72. The Balaban J connectivity index is 1.80. The fourth-order valence-corrected chi connectivity index (χ4v) is 3.50. The van der Waals surface area contributed by atoms with Crippen molar-refractivity contribution < 1.29 is 13.5 Å². The van der Waals surface area contributed by atoms with Gasteiger partial charge in [-0.15, -0.1) is 0 Å². The minimum Gasteiger partial charge on any atom is -0.487 e. The summed E-state index contributed by atoms with van der Waals surface area (Å²) in [5.74, 6) is -0.379. The largest absolute Gasteiger partial charge is 0.487 e. The van der Waals surface area contributed by atoms with Crippen molar-refractivity contribution in [3.8, 4) is 5.75 Å². The number of unbranched alkanes of at least 4 members (excludes halogenated alkanes) is 2. The molecular weight excluding hydrogens is 282 g/mol. The molecule has 1 nitrogen and oxygen atoms in total. The van der Waals surface area contributed by atoms with E-state index in [0.717, 1.165) is 24.8 Å². The minimum atomic E-state index is -0.873. The molecule has 1 aromatic carbocycles. The van der Waals surface area contributed by atoms with Crippen LogP contribution < -0.4 is 4.74 Å². The van der Waals surface area contributed by atoms with Crippen molar-refractivity contribution in [2.24, 2.45) is 11.8 Å². The molecule has 1 saturated carbocycles. The molecule has 22 heavy (non-hydrogen) atoms. The van der Waals surface area contributed by atoms with Gasteiger partial charge in [0.15, 0.2) is 11.6 Å². The summed E-state index contributed by atoms with van der Waals surface area (Å²) in [6.45, 7) is 4.22. The van der Waals surface area contributed by atoms with Gasteiger partial charge in [-0.25, -0.2) is 4.39 Å². The quantitative estimate of drug-likeness (QED) is 0.551. The summed E-state index contributed by atoms with van der Waals surface area (Å²) >= 11 is 0. The molecule has 3 heteroatoms. The summed E-state index contributed by atoms with van der Waals surface area (Å²) < 4.78 is 32.6. The number of hydrogen-bond acceptors (Lipinski definition) is 1. The van der Waals surface area contributed by atoms with Crippen LogP contribution in [-0.4, -0.2) is 6.10 Å². The van der Waals surface area contributed by atoms with Gasteiger partial charge in [0.2, 0.25) is 5.82 Å². The number of halogens is 2. The third-order valence-electron chi connectivity index (χ3n) is 5.00. The highest BCUT2D eigenvalue weighted by Gasteiger charge is 2.26. The SMILES string of the molecule is CCCCC[C@H]1CC[C@H](C(C)Oc2cccc(F)c2F)CC1. The summed E-state index contributed by atoms with van der Waals surface area (Å²) in [7, 11) is 0. The Hall–Kier alpha value is -1.12. The van der Waals surface area contributed by atoms with Gasteiger partial charge in [-0.3, -0.25) is 0 Å². The van der Waals surface area contributed by atoms with Crippen molar-refractivity contribution in [3.05, 3.63) is 29.8 Å². The van der Waals surface area contributed by atoms with Gasteiger partial charge in [-0.05, 0) is 43.7 Å². The first-order chi connectivity index (χ1) is 10.6. The molecule has 0 radical (unpaired) electrons. The van der Waals surface area contributed by atoms with E-state index in [-0.39, 0.29) is 11.9 Å². The first-order valence-corrected chi connectivity index (χ1v) is 8.72. The summed E-state index contributed by atoms with van der Waals surface area (Å²) in [5, 5.41) is 0. The van der Waals surface area contributed by atoms with Crippen molar-refractivity contribution in [3.63, 3.8) is 0 Å². The fourth-order valence-electron chi connectivity index (χ4n) is 3.50. The molecule has 0 spiro atoms. The van der Waals surface area contributed by atoms with Gasteiger partial charge >= 0.3 is 0 Å². The van der Waals surface area contributed by atoms with Crippen molar-refractivity contribution in [2.45, 2.75) is 71.3 Å². The molecule has 1 aliphatic rings. The number of hydrogen-bond donors (Lipinski definition) is 0. The molecule has 1 fully saturated rings. The van der Waals surface area contributed by atoms with E-state index in [9.17, 15) is 8.78 Å². The zero-order valence-electron chi connectivity index (χ0n) is 13.8. The Morgan fingerprint density at radius 2 is 1.86 bits per heavy atom. The molecule has 0 amide bonds.